The lowest BCUT2D eigenvalue weighted by Crippen LogP contribution is -2.33. The lowest BCUT2D eigenvalue weighted by atomic mass is 10.0. The highest BCUT2D eigenvalue weighted by Crippen LogP contribution is 2.27. The molecule has 0 radical (unpaired) electrons. The van der Waals surface area contributed by atoms with Gasteiger partial charge in [0.25, 0.3) is 0 Å². The van der Waals surface area contributed by atoms with Crippen LogP contribution in [0.4, 0.5) is 4.39 Å². The Morgan fingerprint density at radius 1 is 1.29 bits per heavy atom. The molecule has 0 N–H and O–H groups in total. The first-order chi connectivity index (χ1) is 8.22. The molecule has 1 fully saturated rings. The van der Waals surface area contributed by atoms with Crippen molar-refractivity contribution in [2.45, 2.75) is 25.3 Å². The van der Waals surface area contributed by atoms with Gasteiger partial charge in [0, 0.05) is 10.6 Å². The summed E-state index contributed by atoms with van der Waals surface area (Å²) in [5.74, 6) is -0.394. The molecule has 1 saturated heterocycles. The average molecular weight is 253 g/mol. The molecule has 90 valence electrons. The fourth-order valence-electron chi connectivity index (χ4n) is 2.25. The van der Waals surface area contributed by atoms with Crippen molar-refractivity contribution in [3.63, 3.8) is 0 Å². The minimum Gasteiger partial charge on any atom is -0.284 e. The fourth-order valence-corrected chi connectivity index (χ4v) is 2.41. The van der Waals surface area contributed by atoms with Crippen LogP contribution in [0, 0.1) is 17.1 Å². The summed E-state index contributed by atoms with van der Waals surface area (Å²) in [4.78, 5) is 2.04. The predicted molar refractivity (Wildman–Crippen MR) is 65.2 cm³/mol. The highest BCUT2D eigenvalue weighted by Gasteiger charge is 2.24. The molecule has 17 heavy (non-hydrogen) atoms. The quantitative estimate of drug-likeness (QED) is 0.805. The third-order valence-electron chi connectivity index (χ3n) is 3.14. The zero-order chi connectivity index (χ0) is 12.3. The molecule has 2 nitrogen and oxygen atoms in total. The van der Waals surface area contributed by atoms with E-state index < -0.39 is 11.9 Å². The first kappa shape index (κ1) is 12.3. The molecule has 0 amide bonds. The van der Waals surface area contributed by atoms with E-state index in [-0.39, 0.29) is 0 Å². The van der Waals surface area contributed by atoms with Gasteiger partial charge in [0.15, 0.2) is 0 Å². The fraction of sp³-hybridized carbons (Fsp3) is 0.462. The normalized spacial score (nSPS) is 18.6. The maximum atomic E-state index is 13.8. The molecule has 0 aromatic heterocycles. The van der Waals surface area contributed by atoms with Gasteiger partial charge in [-0.05, 0) is 38.1 Å². The molecular formula is C13H14ClFN2. The third-order valence-corrected chi connectivity index (χ3v) is 3.37. The minimum absolute atomic E-state index is 0.363. The van der Waals surface area contributed by atoms with E-state index in [0.29, 0.717) is 10.6 Å². The second-order valence-corrected chi connectivity index (χ2v) is 4.73. The highest BCUT2D eigenvalue weighted by molar-refractivity contribution is 6.30. The molecule has 1 aliphatic rings. The van der Waals surface area contributed by atoms with Crippen LogP contribution in [0.2, 0.25) is 5.02 Å². The molecule has 0 saturated carbocycles. The molecule has 0 spiro atoms. The molecule has 1 atom stereocenters. The Kier molecular flexibility index (Phi) is 3.98. The van der Waals surface area contributed by atoms with E-state index in [2.05, 4.69) is 6.07 Å². The van der Waals surface area contributed by atoms with Gasteiger partial charge in [0.2, 0.25) is 0 Å². The first-order valence-corrected chi connectivity index (χ1v) is 6.19. The van der Waals surface area contributed by atoms with Crippen molar-refractivity contribution in [2.24, 2.45) is 0 Å². The average Bonchev–Trinajstić information content (AvgIpc) is 2.34. The number of nitriles is 1. The van der Waals surface area contributed by atoms with Crippen LogP contribution in [0.5, 0.6) is 0 Å². The minimum atomic E-state index is -0.493. The largest absolute Gasteiger partial charge is 0.284 e. The molecule has 0 aliphatic carbocycles. The van der Waals surface area contributed by atoms with Crippen molar-refractivity contribution in [1.29, 1.82) is 5.26 Å². The summed E-state index contributed by atoms with van der Waals surface area (Å²) in [6.07, 6.45) is 3.35. The maximum Gasteiger partial charge on any atom is 0.130 e. The van der Waals surface area contributed by atoms with Gasteiger partial charge in [-0.2, -0.15) is 5.26 Å². The van der Waals surface area contributed by atoms with E-state index in [9.17, 15) is 9.65 Å². The van der Waals surface area contributed by atoms with Crippen molar-refractivity contribution in [3.05, 3.63) is 34.6 Å². The molecule has 1 aliphatic heterocycles. The maximum absolute atomic E-state index is 13.8. The van der Waals surface area contributed by atoms with Crippen LogP contribution in [-0.4, -0.2) is 18.0 Å². The van der Waals surface area contributed by atoms with E-state index in [1.54, 1.807) is 12.1 Å². The molecule has 0 bridgehead atoms. The molecule has 1 heterocycles. The van der Waals surface area contributed by atoms with Crippen molar-refractivity contribution >= 4 is 11.6 Å². The zero-order valence-corrected chi connectivity index (χ0v) is 10.3. The van der Waals surface area contributed by atoms with E-state index in [4.69, 9.17) is 11.6 Å². The van der Waals surface area contributed by atoms with Crippen molar-refractivity contribution < 1.29 is 4.39 Å². The van der Waals surface area contributed by atoms with E-state index in [0.717, 1.165) is 25.9 Å². The standard InChI is InChI=1S/C13H14ClFN2/c14-10-4-5-11(12(15)8-10)13(9-16)17-6-2-1-3-7-17/h4-5,8,13H,1-3,6-7H2. The Bertz CT molecular complexity index is 436. The van der Waals surface area contributed by atoms with Crippen LogP contribution in [0.15, 0.2) is 18.2 Å². The number of benzene rings is 1. The van der Waals surface area contributed by atoms with Crippen LogP contribution < -0.4 is 0 Å². The van der Waals surface area contributed by atoms with Crippen LogP contribution >= 0.6 is 11.6 Å². The number of rotatable bonds is 2. The SMILES string of the molecule is N#CC(c1ccc(Cl)cc1F)N1CCCCC1. The Balaban J connectivity index is 2.25. The summed E-state index contributed by atoms with van der Waals surface area (Å²) >= 11 is 5.71. The van der Waals surface area contributed by atoms with Crippen LogP contribution in [0.25, 0.3) is 0 Å². The molecule has 2 rings (SSSR count). The monoisotopic (exact) mass is 252 g/mol. The Morgan fingerprint density at radius 2 is 2.00 bits per heavy atom. The van der Waals surface area contributed by atoms with Crippen molar-refractivity contribution in [2.75, 3.05) is 13.1 Å². The number of hydrogen-bond donors (Lipinski definition) is 0. The van der Waals surface area contributed by atoms with Gasteiger partial charge in [0.05, 0.1) is 6.07 Å². The van der Waals surface area contributed by atoms with E-state index in [1.807, 2.05) is 4.90 Å². The Labute approximate surface area is 106 Å². The van der Waals surface area contributed by atoms with Crippen LogP contribution in [0.3, 0.4) is 0 Å². The summed E-state index contributed by atoms with van der Waals surface area (Å²) in [6.45, 7) is 1.72. The predicted octanol–water partition coefficient (Wildman–Crippen LogP) is 3.53. The highest BCUT2D eigenvalue weighted by atomic mass is 35.5. The van der Waals surface area contributed by atoms with Gasteiger partial charge in [-0.3, -0.25) is 4.90 Å². The molecule has 1 aromatic carbocycles. The number of likely N-dealkylation sites (tertiary alicyclic amines) is 1. The third kappa shape index (κ3) is 2.77. The van der Waals surface area contributed by atoms with Gasteiger partial charge < -0.3 is 0 Å². The summed E-state index contributed by atoms with van der Waals surface area (Å²) in [5, 5.41) is 9.60. The van der Waals surface area contributed by atoms with Crippen LogP contribution in [0.1, 0.15) is 30.9 Å². The first-order valence-electron chi connectivity index (χ1n) is 5.81. The van der Waals surface area contributed by atoms with Gasteiger partial charge in [-0.25, -0.2) is 4.39 Å². The number of hydrogen-bond acceptors (Lipinski definition) is 2. The molecule has 1 aromatic rings. The summed E-state index contributed by atoms with van der Waals surface area (Å²) < 4.78 is 13.8. The molecule has 1 unspecified atom stereocenters. The second kappa shape index (κ2) is 5.48. The lowest BCUT2D eigenvalue weighted by molar-refractivity contribution is 0.193. The smallest absolute Gasteiger partial charge is 0.130 e. The lowest BCUT2D eigenvalue weighted by Gasteiger charge is -2.30. The van der Waals surface area contributed by atoms with Crippen LogP contribution in [-0.2, 0) is 0 Å². The number of piperidine rings is 1. The summed E-state index contributed by atoms with van der Waals surface area (Å²) in [6, 6.07) is 6.21. The number of nitrogens with zero attached hydrogens (tertiary/aromatic N) is 2. The van der Waals surface area contributed by atoms with Gasteiger partial charge in [-0.1, -0.05) is 24.1 Å². The van der Waals surface area contributed by atoms with Gasteiger partial charge in [0.1, 0.15) is 11.9 Å². The summed E-state index contributed by atoms with van der Waals surface area (Å²) in [5.41, 5.74) is 0.429. The van der Waals surface area contributed by atoms with Crippen molar-refractivity contribution in [3.8, 4) is 6.07 Å². The van der Waals surface area contributed by atoms with Gasteiger partial charge >= 0.3 is 0 Å². The zero-order valence-electron chi connectivity index (χ0n) is 9.50. The van der Waals surface area contributed by atoms with Gasteiger partial charge in [-0.15, -0.1) is 0 Å². The number of halogens is 2. The molecular weight excluding hydrogens is 239 g/mol. The Morgan fingerprint density at radius 3 is 2.59 bits per heavy atom. The summed E-state index contributed by atoms with van der Waals surface area (Å²) in [7, 11) is 0. The second-order valence-electron chi connectivity index (χ2n) is 4.29. The van der Waals surface area contributed by atoms with E-state index >= 15 is 0 Å². The van der Waals surface area contributed by atoms with Crippen molar-refractivity contribution in [1.82, 2.24) is 4.90 Å². The topological polar surface area (TPSA) is 27.0 Å². The Hall–Kier alpha value is -1.11. The van der Waals surface area contributed by atoms with E-state index in [1.165, 1.54) is 12.5 Å². The molecule has 4 heteroatoms.